The zero-order chi connectivity index (χ0) is 13.7. The molecule has 1 heterocycles. The molecule has 0 saturated carbocycles. The maximum Gasteiger partial charge on any atom is 0.221 e. The van der Waals surface area contributed by atoms with E-state index in [9.17, 15) is 4.79 Å². The highest BCUT2D eigenvalue weighted by atomic mass is 32.1. The molecule has 18 heavy (non-hydrogen) atoms. The average molecular weight is 269 g/mol. The topological polar surface area (TPSA) is 45.2 Å². The van der Waals surface area contributed by atoms with Crippen LogP contribution in [0, 0.1) is 13.8 Å². The van der Waals surface area contributed by atoms with E-state index in [-0.39, 0.29) is 11.9 Å². The van der Waals surface area contributed by atoms with E-state index in [1.807, 2.05) is 20.9 Å². The molecule has 102 valence electrons. The fourth-order valence-corrected chi connectivity index (χ4v) is 2.81. The summed E-state index contributed by atoms with van der Waals surface area (Å²) >= 11 is 1.73. The lowest BCUT2D eigenvalue weighted by Crippen LogP contribution is -2.30. The van der Waals surface area contributed by atoms with Crippen LogP contribution in [-0.4, -0.2) is 35.9 Å². The van der Waals surface area contributed by atoms with E-state index in [1.165, 1.54) is 4.88 Å². The summed E-state index contributed by atoms with van der Waals surface area (Å²) < 4.78 is 0. The number of aromatic nitrogens is 1. The van der Waals surface area contributed by atoms with Crippen molar-refractivity contribution in [2.45, 2.75) is 40.2 Å². The van der Waals surface area contributed by atoms with Gasteiger partial charge in [-0.3, -0.25) is 9.69 Å². The highest BCUT2D eigenvalue weighted by molar-refractivity contribution is 7.11. The monoisotopic (exact) mass is 269 g/mol. The molecule has 5 heteroatoms. The van der Waals surface area contributed by atoms with Crippen LogP contribution in [0.4, 0.5) is 0 Å². The largest absolute Gasteiger partial charge is 0.356 e. The second-order valence-corrected chi connectivity index (χ2v) is 5.94. The normalized spacial score (nSPS) is 12.8. The smallest absolute Gasteiger partial charge is 0.221 e. The second-order valence-electron chi connectivity index (χ2n) is 4.53. The maximum atomic E-state index is 11.4. The van der Waals surface area contributed by atoms with Gasteiger partial charge in [0.1, 0.15) is 0 Å². The number of thiazole rings is 1. The molecule has 0 aromatic carbocycles. The quantitative estimate of drug-likeness (QED) is 0.861. The van der Waals surface area contributed by atoms with Gasteiger partial charge < -0.3 is 5.32 Å². The molecule has 0 aliphatic heterocycles. The Morgan fingerprint density at radius 2 is 2.17 bits per heavy atom. The summed E-state index contributed by atoms with van der Waals surface area (Å²) in [5.41, 5.74) is 1.14. The van der Waals surface area contributed by atoms with E-state index in [4.69, 9.17) is 0 Å². The Hall–Kier alpha value is -0.940. The molecule has 0 saturated heterocycles. The molecular weight excluding hydrogens is 246 g/mol. The van der Waals surface area contributed by atoms with Crippen molar-refractivity contribution < 1.29 is 4.79 Å². The molecule has 1 rings (SSSR count). The minimum atomic E-state index is 0.114. The van der Waals surface area contributed by atoms with E-state index in [0.717, 1.165) is 17.2 Å². The van der Waals surface area contributed by atoms with E-state index in [2.05, 4.69) is 29.0 Å². The van der Waals surface area contributed by atoms with Crippen LogP contribution < -0.4 is 5.32 Å². The third-order valence-electron chi connectivity index (χ3n) is 3.06. The third kappa shape index (κ3) is 4.07. The molecular formula is C13H23N3OS. The highest BCUT2D eigenvalue weighted by Gasteiger charge is 2.17. The predicted octanol–water partition coefficient (Wildman–Crippen LogP) is 2.28. The van der Waals surface area contributed by atoms with Gasteiger partial charge in [-0.2, -0.15) is 0 Å². The van der Waals surface area contributed by atoms with E-state index in [0.29, 0.717) is 13.0 Å². The average Bonchev–Trinajstić information content (AvgIpc) is 2.64. The number of aryl methyl sites for hydroxylation is 2. The molecule has 1 unspecified atom stereocenters. The van der Waals surface area contributed by atoms with Gasteiger partial charge in [-0.05, 0) is 34.7 Å². The maximum absolute atomic E-state index is 11.4. The molecule has 1 N–H and O–H groups in total. The van der Waals surface area contributed by atoms with Crippen LogP contribution in [0.1, 0.15) is 41.9 Å². The summed E-state index contributed by atoms with van der Waals surface area (Å²) in [5.74, 6) is 0.114. The van der Waals surface area contributed by atoms with Gasteiger partial charge in [0.25, 0.3) is 0 Å². The molecule has 4 nitrogen and oxygen atoms in total. The van der Waals surface area contributed by atoms with E-state index in [1.54, 1.807) is 11.3 Å². The van der Waals surface area contributed by atoms with Gasteiger partial charge in [0.15, 0.2) is 0 Å². The standard InChI is InChI=1S/C13H23N3OS/c1-6-14-12(17)7-8-16(5)9(2)13-10(3)18-11(4)15-13/h9H,6-8H2,1-5H3,(H,14,17). The van der Waals surface area contributed by atoms with E-state index >= 15 is 0 Å². The molecule has 1 atom stereocenters. The first-order valence-electron chi connectivity index (χ1n) is 6.36. The first-order chi connectivity index (χ1) is 8.45. The van der Waals surface area contributed by atoms with Crippen LogP contribution in [0.2, 0.25) is 0 Å². The number of carbonyl (C=O) groups excluding carboxylic acids is 1. The molecule has 0 spiro atoms. The van der Waals surface area contributed by atoms with Crippen LogP contribution in [0.15, 0.2) is 0 Å². The molecule has 1 aromatic rings. The summed E-state index contributed by atoms with van der Waals surface area (Å²) in [6, 6.07) is 0.254. The molecule has 1 aromatic heterocycles. The number of hydrogen-bond donors (Lipinski definition) is 1. The van der Waals surface area contributed by atoms with Crippen molar-refractivity contribution in [1.82, 2.24) is 15.2 Å². The molecule has 0 fully saturated rings. The summed E-state index contributed by atoms with van der Waals surface area (Å²) in [6.07, 6.45) is 0.539. The number of hydrogen-bond acceptors (Lipinski definition) is 4. The van der Waals surface area contributed by atoms with Gasteiger partial charge in [0.2, 0.25) is 5.91 Å². The molecule has 0 radical (unpaired) electrons. The first kappa shape index (κ1) is 15.1. The zero-order valence-corrected chi connectivity index (χ0v) is 12.7. The van der Waals surface area contributed by atoms with Gasteiger partial charge in [0, 0.05) is 24.4 Å². The summed E-state index contributed by atoms with van der Waals surface area (Å²) in [5, 5.41) is 3.92. The van der Waals surface area contributed by atoms with Crippen molar-refractivity contribution in [3.8, 4) is 0 Å². The van der Waals surface area contributed by atoms with Crippen molar-refractivity contribution in [2.24, 2.45) is 0 Å². The van der Waals surface area contributed by atoms with Crippen molar-refractivity contribution in [1.29, 1.82) is 0 Å². The minimum absolute atomic E-state index is 0.114. The number of nitrogens with one attached hydrogen (secondary N) is 1. The van der Waals surface area contributed by atoms with Crippen LogP contribution in [-0.2, 0) is 4.79 Å². The van der Waals surface area contributed by atoms with Crippen molar-refractivity contribution in [3.63, 3.8) is 0 Å². The highest BCUT2D eigenvalue weighted by Crippen LogP contribution is 2.25. The third-order valence-corrected chi connectivity index (χ3v) is 3.96. The van der Waals surface area contributed by atoms with Crippen LogP contribution in [0.5, 0.6) is 0 Å². The fraction of sp³-hybridized carbons (Fsp3) is 0.692. The number of carbonyl (C=O) groups is 1. The van der Waals surface area contributed by atoms with Gasteiger partial charge in [-0.25, -0.2) is 4.98 Å². The lowest BCUT2D eigenvalue weighted by molar-refractivity contribution is -0.121. The summed E-state index contributed by atoms with van der Waals surface area (Å²) in [4.78, 5) is 19.4. The SMILES string of the molecule is CCNC(=O)CCN(C)C(C)c1nc(C)sc1C. The predicted molar refractivity (Wildman–Crippen MR) is 75.9 cm³/mol. The van der Waals surface area contributed by atoms with Crippen molar-refractivity contribution in [3.05, 3.63) is 15.6 Å². The minimum Gasteiger partial charge on any atom is -0.356 e. The Kier molecular flexibility index (Phi) is 5.75. The molecule has 0 aliphatic carbocycles. The number of rotatable bonds is 6. The van der Waals surface area contributed by atoms with Crippen molar-refractivity contribution >= 4 is 17.2 Å². The lowest BCUT2D eigenvalue weighted by Gasteiger charge is -2.23. The lowest BCUT2D eigenvalue weighted by atomic mass is 10.2. The Bertz CT molecular complexity index is 403. The molecule has 0 aliphatic rings. The zero-order valence-electron chi connectivity index (χ0n) is 11.9. The summed E-state index contributed by atoms with van der Waals surface area (Å²) in [7, 11) is 2.04. The molecule has 1 amide bonds. The Labute approximate surface area is 113 Å². The second kappa shape index (κ2) is 6.85. The molecule has 0 bridgehead atoms. The Balaban J connectivity index is 2.53. The van der Waals surface area contributed by atoms with Gasteiger partial charge in [-0.15, -0.1) is 11.3 Å². The van der Waals surface area contributed by atoms with E-state index < -0.39 is 0 Å². The van der Waals surface area contributed by atoms with Crippen LogP contribution in [0.25, 0.3) is 0 Å². The van der Waals surface area contributed by atoms with Gasteiger partial charge in [-0.1, -0.05) is 0 Å². The first-order valence-corrected chi connectivity index (χ1v) is 7.18. The van der Waals surface area contributed by atoms with Gasteiger partial charge >= 0.3 is 0 Å². The van der Waals surface area contributed by atoms with Crippen LogP contribution in [0.3, 0.4) is 0 Å². The van der Waals surface area contributed by atoms with Crippen molar-refractivity contribution in [2.75, 3.05) is 20.1 Å². The fourth-order valence-electron chi connectivity index (χ4n) is 1.90. The Morgan fingerprint density at radius 3 is 2.67 bits per heavy atom. The van der Waals surface area contributed by atoms with Gasteiger partial charge in [0.05, 0.1) is 16.7 Å². The van der Waals surface area contributed by atoms with Crippen LogP contribution >= 0.6 is 11.3 Å². The number of nitrogens with zero attached hydrogens (tertiary/aromatic N) is 2. The summed E-state index contributed by atoms with van der Waals surface area (Å²) in [6.45, 7) is 9.66. The Morgan fingerprint density at radius 1 is 1.50 bits per heavy atom. The number of amides is 1.